The van der Waals surface area contributed by atoms with Gasteiger partial charge in [-0.3, -0.25) is 24.5 Å². The third-order valence-electron chi connectivity index (χ3n) is 5.61. The van der Waals surface area contributed by atoms with Gasteiger partial charge in [-0.05, 0) is 34.6 Å². The summed E-state index contributed by atoms with van der Waals surface area (Å²) in [6.07, 6.45) is -3.77. The third kappa shape index (κ3) is 6.51. The number of H-pyrrole nitrogens is 1. The van der Waals surface area contributed by atoms with Crippen LogP contribution < -0.4 is 10.9 Å². The highest BCUT2D eigenvalue weighted by Gasteiger charge is 2.48. The van der Waals surface area contributed by atoms with E-state index in [1.54, 1.807) is 13.8 Å². The first-order valence-electron chi connectivity index (χ1n) is 12.8. The zero-order chi connectivity index (χ0) is 28.1. The fraction of sp³-hybridized carbons (Fsp3) is 0.696. The lowest BCUT2D eigenvalue weighted by Crippen LogP contribution is -2.37. The van der Waals surface area contributed by atoms with Crippen molar-refractivity contribution in [3.8, 4) is 6.07 Å². The van der Waals surface area contributed by atoms with E-state index < -0.39 is 38.7 Å². The lowest BCUT2D eigenvalue weighted by Gasteiger charge is -2.37. The molecule has 14 heteroatoms. The number of carbonyl (C=O) groups is 1. The van der Waals surface area contributed by atoms with Crippen LogP contribution in [0.15, 0.2) is 11.1 Å². The minimum Gasteiger partial charge on any atom is -0.349 e. The Morgan fingerprint density at radius 2 is 2.11 bits per heavy atom. The van der Waals surface area contributed by atoms with E-state index in [2.05, 4.69) is 20.3 Å². The number of aromatic nitrogens is 4. The van der Waals surface area contributed by atoms with E-state index in [4.69, 9.17) is 20.4 Å². The summed E-state index contributed by atoms with van der Waals surface area (Å²) >= 11 is 0. The summed E-state index contributed by atoms with van der Waals surface area (Å²) in [7, 11) is -1.79. The maximum atomic E-state index is 16.0. The van der Waals surface area contributed by atoms with Gasteiger partial charge in [0.2, 0.25) is 11.9 Å². The van der Waals surface area contributed by atoms with Crippen LogP contribution in [0.25, 0.3) is 11.2 Å². The number of alkyl halides is 1. The highest BCUT2D eigenvalue weighted by molar-refractivity contribution is 7.44. The molecule has 0 aromatic carbocycles. The van der Waals surface area contributed by atoms with Gasteiger partial charge >= 0.3 is 0 Å². The molecular weight excluding hydrogens is 504 g/mol. The van der Waals surface area contributed by atoms with E-state index in [0.717, 1.165) is 0 Å². The number of aromatic amines is 1. The molecule has 1 amide bonds. The van der Waals surface area contributed by atoms with Gasteiger partial charge in [-0.1, -0.05) is 13.8 Å². The topological polar surface area (TPSA) is 147 Å². The van der Waals surface area contributed by atoms with Gasteiger partial charge in [0.15, 0.2) is 23.6 Å². The van der Waals surface area contributed by atoms with Gasteiger partial charge in [0.05, 0.1) is 31.5 Å². The smallest absolute Gasteiger partial charge is 0.280 e. The van der Waals surface area contributed by atoms with Crippen molar-refractivity contribution < 1.29 is 24.3 Å². The number of anilines is 1. The first-order valence-corrected chi connectivity index (χ1v) is 13.2. The van der Waals surface area contributed by atoms with Crippen LogP contribution in [0.1, 0.15) is 62.5 Å². The summed E-state index contributed by atoms with van der Waals surface area (Å²) in [5, 5.41) is 11.5. The molecular formula is C23H35FN7O5P. The molecule has 1 unspecified atom stereocenters. The van der Waals surface area contributed by atoms with Crippen LogP contribution in [0.3, 0.4) is 0 Å². The van der Waals surface area contributed by atoms with E-state index in [1.165, 1.54) is 10.9 Å². The Balaban J connectivity index is 1.93. The van der Waals surface area contributed by atoms with Gasteiger partial charge in [0, 0.05) is 19.4 Å². The van der Waals surface area contributed by atoms with Crippen molar-refractivity contribution in [3.05, 3.63) is 16.7 Å². The molecule has 1 fully saturated rings. The zero-order valence-electron chi connectivity index (χ0n) is 22.8. The van der Waals surface area contributed by atoms with Crippen LogP contribution >= 0.6 is 8.53 Å². The number of hydrogen-bond acceptors (Lipinski definition) is 9. The zero-order valence-corrected chi connectivity index (χ0v) is 22.7. The largest absolute Gasteiger partial charge is 0.349 e. The Kier molecular flexibility index (Phi) is 9.21. The summed E-state index contributed by atoms with van der Waals surface area (Å²) in [6, 6.07) is 2.03. The number of carbonyl (C=O) groups excluding carboxylic acids is 1. The molecule has 5 atom stereocenters. The molecule has 204 valence electrons. The average molecular weight is 541 g/mol. The number of nitrogens with zero attached hydrogens (tertiary/aromatic N) is 5. The van der Waals surface area contributed by atoms with Crippen LogP contribution in [0.5, 0.6) is 0 Å². The van der Waals surface area contributed by atoms with Gasteiger partial charge in [0.1, 0.15) is 6.10 Å². The number of rotatable bonds is 11. The monoisotopic (exact) mass is 540 g/mol. The first-order chi connectivity index (χ1) is 18.0. The van der Waals surface area contributed by atoms with Crippen molar-refractivity contribution in [2.24, 2.45) is 5.92 Å². The molecule has 12 nitrogen and oxygen atoms in total. The maximum Gasteiger partial charge on any atom is 0.280 e. The fourth-order valence-corrected chi connectivity index (χ4v) is 5.64. The molecule has 1 aliphatic heterocycles. The Labute approximate surface area is 217 Å². The Hall–Kier alpha value is -2.49. The van der Waals surface area contributed by atoms with Crippen LogP contribution in [0, 0.1) is 17.2 Å². The summed E-state index contributed by atoms with van der Waals surface area (Å²) in [6.45, 7) is 11.1. The van der Waals surface area contributed by atoms with Gasteiger partial charge in [-0.2, -0.15) is 10.2 Å². The minimum atomic E-state index is -1.79. The van der Waals surface area contributed by atoms with Crippen molar-refractivity contribution in [2.45, 2.75) is 91.6 Å². The fourth-order valence-electron chi connectivity index (χ4n) is 3.87. The number of halogens is 1. The number of fused-ring (bicyclic) bond motifs is 1. The highest BCUT2D eigenvalue weighted by atomic mass is 31.2. The van der Waals surface area contributed by atoms with Crippen molar-refractivity contribution in [1.29, 1.82) is 5.26 Å². The van der Waals surface area contributed by atoms with Crippen molar-refractivity contribution >= 4 is 31.5 Å². The second kappa shape index (κ2) is 12.4. The molecule has 37 heavy (non-hydrogen) atoms. The lowest BCUT2D eigenvalue weighted by atomic mass is 10.2. The highest BCUT2D eigenvalue weighted by Crippen LogP contribution is 2.50. The van der Waals surface area contributed by atoms with Crippen LogP contribution in [0.2, 0.25) is 0 Å². The van der Waals surface area contributed by atoms with Gasteiger partial charge in [-0.25, -0.2) is 14.0 Å². The molecule has 2 N–H and O–H groups in total. The van der Waals surface area contributed by atoms with Crippen LogP contribution in [-0.2, 0) is 18.6 Å². The van der Waals surface area contributed by atoms with E-state index >= 15 is 4.39 Å². The molecule has 0 aliphatic carbocycles. The summed E-state index contributed by atoms with van der Waals surface area (Å²) in [5.41, 5.74) is -0.642. The molecule has 2 aromatic rings. The number of amides is 1. The number of ether oxygens (including phenoxy) is 1. The van der Waals surface area contributed by atoms with Gasteiger partial charge in [-0.15, -0.1) is 0 Å². The second-order valence-electron chi connectivity index (χ2n) is 9.51. The van der Waals surface area contributed by atoms with Gasteiger partial charge < -0.3 is 13.8 Å². The number of imidazole rings is 1. The van der Waals surface area contributed by atoms with Gasteiger partial charge in [0.25, 0.3) is 14.1 Å². The molecule has 3 rings (SSSR count). The minimum absolute atomic E-state index is 0.00168. The number of hydrogen-bond donors (Lipinski definition) is 2. The summed E-state index contributed by atoms with van der Waals surface area (Å²) in [4.78, 5) is 35.5. The summed E-state index contributed by atoms with van der Waals surface area (Å²) < 4.78 is 45.2. The Morgan fingerprint density at radius 3 is 2.70 bits per heavy atom. The summed E-state index contributed by atoms with van der Waals surface area (Å²) in [5.74, 6) is -0.807. The predicted molar refractivity (Wildman–Crippen MR) is 136 cm³/mol. The molecule has 2 aromatic heterocycles. The molecule has 3 heterocycles. The lowest BCUT2D eigenvalue weighted by molar-refractivity contribution is -0.118. The maximum absolute atomic E-state index is 16.0. The average Bonchev–Trinajstić information content (AvgIpc) is 3.39. The Morgan fingerprint density at radius 1 is 1.41 bits per heavy atom. The Bertz CT molecular complexity index is 1200. The SMILES string of the molecule is [2H]C[C@H]1O[C@@H](n2cnc3c(=O)[nH]c(NC(=O)C(C)C)nc32)[C@H](F)[C@@H]1OP(OCCC#N)N(C(C)C)C(C)C. The third-order valence-corrected chi connectivity index (χ3v) is 7.74. The first kappa shape index (κ1) is 27.5. The number of nitrogens with one attached hydrogen (secondary N) is 2. The quantitative estimate of drug-likeness (QED) is 0.322. The van der Waals surface area contributed by atoms with Crippen molar-refractivity contribution in [1.82, 2.24) is 24.2 Å². The molecule has 0 radical (unpaired) electrons. The molecule has 0 bridgehead atoms. The molecule has 1 aliphatic rings. The molecule has 0 saturated carbocycles. The predicted octanol–water partition coefficient (Wildman–Crippen LogP) is 3.63. The van der Waals surface area contributed by atoms with E-state index in [0.29, 0.717) is 0 Å². The van der Waals surface area contributed by atoms with Crippen LogP contribution in [-0.4, -0.2) is 67.2 Å². The number of nitriles is 1. The van der Waals surface area contributed by atoms with Crippen molar-refractivity contribution in [3.63, 3.8) is 0 Å². The van der Waals surface area contributed by atoms with Crippen molar-refractivity contribution in [2.75, 3.05) is 11.9 Å². The van der Waals surface area contributed by atoms with E-state index in [-0.39, 0.29) is 60.9 Å². The van der Waals surface area contributed by atoms with E-state index in [1.807, 2.05) is 38.4 Å². The normalized spacial score (nSPS) is 23.2. The standard InChI is InChI=1S/C23H35FN7O5P/c1-12(2)20(32)28-23-27-19-17(21(33)29-23)26-11-30(19)22-16(24)18(15(7)35-22)36-37(34-10-8-9-25)31(13(3)4)14(5)6/h11-16,18,22H,8,10H2,1-7H3,(H2,27,28,29,32,33)/t15-,16-,18-,22-,37?/m1/s1/i7D. The molecule has 1 saturated heterocycles. The molecule has 0 spiro atoms. The van der Waals surface area contributed by atoms with E-state index in [9.17, 15) is 9.59 Å². The second-order valence-corrected chi connectivity index (χ2v) is 10.9. The van der Waals surface area contributed by atoms with Crippen LogP contribution in [0.4, 0.5) is 10.3 Å².